The minimum absolute atomic E-state index is 0.0369. The van der Waals surface area contributed by atoms with Gasteiger partial charge in [-0.05, 0) is 65.5 Å². The number of ether oxygens (including phenoxy) is 1. The van der Waals surface area contributed by atoms with Crippen LogP contribution >= 0.6 is 11.6 Å². The Balaban J connectivity index is 2.17. The SMILES string of the molecule is CC[C@H](C)/C=C/C1=CC2=C(Cl)C(=O)[C@@]3(C)OC(=O)C(C(=O)[C@H](C)[C@@H](C)O)=C3C2=CN1C/C=C(\C)CCC=C(C)C. The van der Waals surface area contributed by atoms with Gasteiger partial charge < -0.3 is 14.7 Å². The maximum absolute atomic E-state index is 13.5. The Morgan fingerprint density at radius 2 is 1.85 bits per heavy atom. The van der Waals surface area contributed by atoms with Gasteiger partial charge in [0.1, 0.15) is 5.57 Å². The summed E-state index contributed by atoms with van der Waals surface area (Å²) >= 11 is 6.64. The van der Waals surface area contributed by atoms with Crippen LogP contribution in [0.15, 0.2) is 80.7 Å². The largest absolute Gasteiger partial charge is 0.442 e. The fraction of sp³-hybridized carbons (Fsp3) is 0.485. The molecular weight excluding hydrogens is 526 g/mol. The number of rotatable bonds is 11. The number of carbonyl (C=O) groups is 3. The van der Waals surface area contributed by atoms with Crippen LogP contribution in [0.4, 0.5) is 0 Å². The fourth-order valence-electron chi connectivity index (χ4n) is 4.82. The van der Waals surface area contributed by atoms with E-state index in [2.05, 4.69) is 52.8 Å². The first-order chi connectivity index (χ1) is 18.7. The van der Waals surface area contributed by atoms with E-state index in [0.29, 0.717) is 23.6 Å². The monoisotopic (exact) mass is 567 g/mol. The van der Waals surface area contributed by atoms with Crippen molar-refractivity contribution in [2.24, 2.45) is 11.8 Å². The van der Waals surface area contributed by atoms with Crippen molar-refractivity contribution in [3.63, 3.8) is 0 Å². The van der Waals surface area contributed by atoms with E-state index in [4.69, 9.17) is 16.3 Å². The zero-order chi connectivity index (χ0) is 29.9. The second kappa shape index (κ2) is 12.7. The molecule has 0 amide bonds. The summed E-state index contributed by atoms with van der Waals surface area (Å²) in [6.07, 6.45) is 14.1. The minimum Gasteiger partial charge on any atom is -0.442 e. The number of aliphatic hydroxyl groups is 1. The van der Waals surface area contributed by atoms with Gasteiger partial charge in [0.25, 0.3) is 0 Å². The highest BCUT2D eigenvalue weighted by Gasteiger charge is 2.57. The van der Waals surface area contributed by atoms with E-state index >= 15 is 0 Å². The lowest BCUT2D eigenvalue weighted by molar-refractivity contribution is -0.153. The predicted octanol–water partition coefficient (Wildman–Crippen LogP) is 6.64. The third-order valence-electron chi connectivity index (χ3n) is 7.92. The quantitative estimate of drug-likeness (QED) is 0.171. The van der Waals surface area contributed by atoms with Gasteiger partial charge in [0.05, 0.1) is 11.1 Å². The highest BCUT2D eigenvalue weighted by atomic mass is 35.5. The molecule has 1 N–H and O–H groups in total. The molecule has 6 nitrogen and oxygen atoms in total. The van der Waals surface area contributed by atoms with Crippen molar-refractivity contribution in [3.05, 3.63) is 80.7 Å². The molecule has 0 radical (unpaired) electrons. The highest BCUT2D eigenvalue weighted by molar-refractivity contribution is 6.46. The van der Waals surface area contributed by atoms with Gasteiger partial charge in [-0.15, -0.1) is 0 Å². The van der Waals surface area contributed by atoms with Crippen molar-refractivity contribution < 1.29 is 24.2 Å². The third kappa shape index (κ3) is 6.34. The van der Waals surface area contributed by atoms with Crippen LogP contribution in [0.5, 0.6) is 0 Å². The number of halogens is 1. The predicted molar refractivity (Wildman–Crippen MR) is 159 cm³/mol. The van der Waals surface area contributed by atoms with E-state index in [1.165, 1.54) is 25.0 Å². The molecule has 2 heterocycles. The number of ketones is 2. The molecule has 0 aromatic rings. The fourth-order valence-corrected chi connectivity index (χ4v) is 5.15. The van der Waals surface area contributed by atoms with Gasteiger partial charge in [-0.1, -0.05) is 68.2 Å². The summed E-state index contributed by atoms with van der Waals surface area (Å²) < 4.78 is 5.57. The number of aliphatic hydroxyl groups excluding tert-OH is 1. The molecule has 40 heavy (non-hydrogen) atoms. The molecule has 3 rings (SSSR count). The molecule has 4 atom stereocenters. The number of hydrogen-bond donors (Lipinski definition) is 1. The third-order valence-corrected chi connectivity index (χ3v) is 8.29. The highest BCUT2D eigenvalue weighted by Crippen LogP contribution is 2.50. The summed E-state index contributed by atoms with van der Waals surface area (Å²) in [5.74, 6) is -2.50. The number of carbonyl (C=O) groups excluding carboxylic acids is 3. The molecule has 0 aromatic carbocycles. The van der Waals surface area contributed by atoms with Gasteiger partial charge >= 0.3 is 5.97 Å². The van der Waals surface area contributed by atoms with E-state index in [0.717, 1.165) is 25.0 Å². The van der Waals surface area contributed by atoms with Crippen LogP contribution in [0.3, 0.4) is 0 Å². The Hall–Kier alpha value is -2.96. The van der Waals surface area contributed by atoms with Crippen molar-refractivity contribution in [3.8, 4) is 0 Å². The Bertz CT molecular complexity index is 1300. The van der Waals surface area contributed by atoms with Gasteiger partial charge in [0.15, 0.2) is 11.4 Å². The van der Waals surface area contributed by atoms with Crippen LogP contribution < -0.4 is 0 Å². The molecule has 2 aliphatic heterocycles. The van der Waals surface area contributed by atoms with E-state index in [1.54, 1.807) is 6.92 Å². The van der Waals surface area contributed by atoms with Crippen LogP contribution in [0.2, 0.25) is 0 Å². The maximum atomic E-state index is 13.5. The summed E-state index contributed by atoms with van der Waals surface area (Å²) in [7, 11) is 0. The average Bonchev–Trinajstić information content (AvgIpc) is 3.18. The van der Waals surface area contributed by atoms with Gasteiger partial charge in [-0.2, -0.15) is 0 Å². The van der Waals surface area contributed by atoms with Crippen LogP contribution in [-0.4, -0.2) is 45.8 Å². The number of allylic oxidation sites excluding steroid dienone is 7. The first kappa shape index (κ1) is 31.6. The van der Waals surface area contributed by atoms with Crippen molar-refractivity contribution in [1.29, 1.82) is 0 Å². The molecule has 0 unspecified atom stereocenters. The maximum Gasteiger partial charge on any atom is 0.343 e. The van der Waals surface area contributed by atoms with Crippen molar-refractivity contribution in [2.45, 2.75) is 86.4 Å². The van der Waals surface area contributed by atoms with Crippen LogP contribution in [0, 0.1) is 11.8 Å². The molecule has 1 aliphatic carbocycles. The molecular formula is C33H42ClNO5. The second-order valence-corrected chi connectivity index (χ2v) is 11.9. The molecule has 0 aromatic heterocycles. The van der Waals surface area contributed by atoms with Crippen molar-refractivity contribution in [2.75, 3.05) is 6.54 Å². The lowest BCUT2D eigenvalue weighted by Crippen LogP contribution is -2.43. The first-order valence-corrected chi connectivity index (χ1v) is 14.4. The molecule has 0 fully saturated rings. The summed E-state index contributed by atoms with van der Waals surface area (Å²) in [6, 6.07) is 0. The smallest absolute Gasteiger partial charge is 0.343 e. The Labute approximate surface area is 243 Å². The number of esters is 1. The number of Topliss-reactive ketones (excluding diaryl/α,β-unsaturated/α-hetero) is 2. The topological polar surface area (TPSA) is 83.9 Å². The van der Waals surface area contributed by atoms with Crippen LogP contribution in [0.1, 0.15) is 74.7 Å². The number of nitrogens with zero attached hydrogens (tertiary/aromatic N) is 1. The summed E-state index contributed by atoms with van der Waals surface area (Å²) in [5.41, 5.74) is 2.64. The van der Waals surface area contributed by atoms with Gasteiger partial charge in [0.2, 0.25) is 5.78 Å². The van der Waals surface area contributed by atoms with E-state index in [9.17, 15) is 19.5 Å². The molecule has 0 bridgehead atoms. The zero-order valence-corrected chi connectivity index (χ0v) is 25.7. The summed E-state index contributed by atoms with van der Waals surface area (Å²) in [5, 5.41) is 10.1. The molecule has 0 saturated heterocycles. The average molecular weight is 568 g/mol. The number of fused-ring (bicyclic) bond motifs is 3. The molecule has 3 aliphatic rings. The summed E-state index contributed by atoms with van der Waals surface area (Å²) in [4.78, 5) is 42.0. The normalized spacial score (nSPS) is 23.4. The van der Waals surface area contributed by atoms with Gasteiger partial charge in [0, 0.05) is 41.1 Å². The molecule has 0 saturated carbocycles. The second-order valence-electron chi connectivity index (χ2n) is 11.5. The van der Waals surface area contributed by atoms with Crippen molar-refractivity contribution >= 4 is 29.1 Å². The molecule has 0 spiro atoms. The van der Waals surface area contributed by atoms with Crippen LogP contribution in [0.25, 0.3) is 0 Å². The Morgan fingerprint density at radius 1 is 1.18 bits per heavy atom. The zero-order valence-electron chi connectivity index (χ0n) is 24.9. The molecule has 7 heteroatoms. The lowest BCUT2D eigenvalue weighted by Gasteiger charge is -2.36. The standard InChI is InChI=1S/C33H42ClNO5/c1-9-20(4)13-14-24-17-25-26(18-35(24)16-15-21(5)12-10-11-19(2)3)28-27(30(37)22(6)23(7)36)32(39)40-33(28,8)31(38)29(25)34/h11,13-15,17-18,20,22-23,36H,9-10,12,16H2,1-8H3/b14-13+,21-15+/t20-,22+,23+,33-/m0/s1. The minimum atomic E-state index is -1.72. The van der Waals surface area contributed by atoms with Crippen molar-refractivity contribution in [1.82, 2.24) is 4.90 Å². The first-order valence-electron chi connectivity index (χ1n) is 14.1. The molecule has 216 valence electrons. The van der Waals surface area contributed by atoms with E-state index in [1.807, 2.05) is 23.3 Å². The van der Waals surface area contributed by atoms with Gasteiger partial charge in [-0.25, -0.2) is 4.79 Å². The Morgan fingerprint density at radius 3 is 2.45 bits per heavy atom. The van der Waals surface area contributed by atoms with E-state index < -0.39 is 35.2 Å². The van der Waals surface area contributed by atoms with E-state index in [-0.39, 0.29) is 16.2 Å². The summed E-state index contributed by atoms with van der Waals surface area (Å²) in [6.45, 7) is 15.6. The van der Waals surface area contributed by atoms with Crippen LogP contribution in [-0.2, 0) is 19.1 Å². The number of hydrogen-bond acceptors (Lipinski definition) is 6. The van der Waals surface area contributed by atoms with Gasteiger partial charge in [-0.3, -0.25) is 9.59 Å². The Kier molecular flexibility index (Phi) is 10.0. The lowest BCUT2D eigenvalue weighted by atomic mass is 9.74.